The molecule has 4 atom stereocenters. The lowest BCUT2D eigenvalue weighted by atomic mass is 9.87. The molecule has 0 aliphatic carbocycles. The summed E-state index contributed by atoms with van der Waals surface area (Å²) in [6, 6.07) is 52.1. The van der Waals surface area contributed by atoms with Gasteiger partial charge in [-0.3, -0.25) is 0 Å². The van der Waals surface area contributed by atoms with Gasteiger partial charge in [0.05, 0.1) is 12.2 Å². The predicted octanol–water partition coefficient (Wildman–Crippen LogP) is 9.60. The van der Waals surface area contributed by atoms with Crippen LogP contribution < -0.4 is 10.6 Å². The highest BCUT2D eigenvalue weighted by atomic mass is 16.5. The van der Waals surface area contributed by atoms with E-state index >= 15 is 0 Å². The number of unbranched alkanes of at least 4 members (excludes halogenated alkanes) is 1. The minimum atomic E-state index is -0.0642. The van der Waals surface area contributed by atoms with Gasteiger partial charge >= 0.3 is 0 Å². The molecule has 4 heteroatoms. The van der Waals surface area contributed by atoms with E-state index in [1.165, 1.54) is 43.8 Å². The highest BCUT2D eigenvalue weighted by Crippen LogP contribution is 2.37. The summed E-state index contributed by atoms with van der Waals surface area (Å²) in [7, 11) is 4.05. The first-order valence-corrected chi connectivity index (χ1v) is 17.3. The first-order valence-electron chi connectivity index (χ1n) is 17.3. The van der Waals surface area contributed by atoms with Gasteiger partial charge in [-0.15, -0.1) is 0 Å². The van der Waals surface area contributed by atoms with E-state index in [0.29, 0.717) is 13.2 Å². The van der Waals surface area contributed by atoms with Gasteiger partial charge in [-0.2, -0.15) is 0 Å². The molecule has 48 heavy (non-hydrogen) atoms. The van der Waals surface area contributed by atoms with Crippen molar-refractivity contribution < 1.29 is 9.47 Å². The molecule has 6 rings (SSSR count). The van der Waals surface area contributed by atoms with Gasteiger partial charge in [0, 0.05) is 38.1 Å². The minimum absolute atomic E-state index is 0.0642. The Morgan fingerprint density at radius 1 is 0.417 bits per heavy atom. The Bertz CT molecular complexity index is 1700. The largest absolute Gasteiger partial charge is 0.373 e. The van der Waals surface area contributed by atoms with Crippen molar-refractivity contribution in [1.29, 1.82) is 0 Å². The lowest BCUT2D eigenvalue weighted by Gasteiger charge is -2.29. The van der Waals surface area contributed by atoms with E-state index in [-0.39, 0.29) is 24.0 Å². The second kappa shape index (κ2) is 17.2. The predicted molar refractivity (Wildman–Crippen MR) is 201 cm³/mol. The van der Waals surface area contributed by atoms with Crippen molar-refractivity contribution in [3.63, 3.8) is 0 Å². The molecule has 4 unspecified atom stereocenters. The lowest BCUT2D eigenvalue weighted by molar-refractivity contribution is 0.0109. The van der Waals surface area contributed by atoms with E-state index in [4.69, 9.17) is 9.47 Å². The number of fused-ring (bicyclic) bond motifs is 2. The molecule has 0 bridgehead atoms. The van der Waals surface area contributed by atoms with Crippen LogP contribution in [0, 0.1) is 0 Å². The van der Waals surface area contributed by atoms with E-state index < -0.39 is 0 Å². The zero-order valence-electron chi connectivity index (χ0n) is 28.2. The molecule has 0 heterocycles. The highest BCUT2D eigenvalue weighted by molar-refractivity contribution is 5.84. The third-order valence-electron chi connectivity index (χ3n) is 9.37. The SMILES string of the molecule is CNCC(c1ccc2ccccc2c1)C(OCCCCOC(c1ccccc1)C(CNC)c1ccc2ccccc2c1)c1ccccc1. The topological polar surface area (TPSA) is 42.5 Å². The van der Waals surface area contributed by atoms with Crippen LogP contribution in [0.4, 0.5) is 0 Å². The van der Waals surface area contributed by atoms with Crippen LogP contribution in [0.5, 0.6) is 0 Å². The number of likely N-dealkylation sites (N-methyl/N-ethyl adjacent to an activating group) is 2. The minimum Gasteiger partial charge on any atom is -0.373 e. The number of hydrogen-bond donors (Lipinski definition) is 2. The van der Waals surface area contributed by atoms with Gasteiger partial charge in [0.1, 0.15) is 0 Å². The van der Waals surface area contributed by atoms with Crippen molar-refractivity contribution in [3.8, 4) is 0 Å². The van der Waals surface area contributed by atoms with E-state index in [0.717, 1.165) is 25.9 Å². The lowest BCUT2D eigenvalue weighted by Crippen LogP contribution is -2.26. The molecule has 0 saturated carbocycles. The fraction of sp³-hybridized carbons (Fsp3) is 0.273. The standard InChI is InChI=1S/C44H48N2O2/c1-45-31-41(39-25-23-33-15-9-11-21-37(33)29-39)43(35-17-5-3-6-18-35)47-27-13-14-28-48-44(36-19-7-4-8-20-36)42(32-46-2)40-26-24-34-16-10-12-22-38(34)30-40/h3-12,15-26,29-30,41-46H,13-14,27-28,31-32H2,1-2H3. The van der Waals surface area contributed by atoms with Crippen LogP contribution in [0.3, 0.4) is 0 Å². The van der Waals surface area contributed by atoms with E-state index in [9.17, 15) is 0 Å². The zero-order valence-corrected chi connectivity index (χ0v) is 28.2. The Hall–Kier alpha value is -4.32. The van der Waals surface area contributed by atoms with Crippen LogP contribution in [0.15, 0.2) is 146 Å². The van der Waals surface area contributed by atoms with Gasteiger partial charge in [-0.05, 0) is 70.7 Å². The molecule has 0 spiro atoms. The summed E-state index contributed by atoms with van der Waals surface area (Å²) in [6.45, 7) is 2.97. The van der Waals surface area contributed by atoms with E-state index in [2.05, 4.69) is 156 Å². The second-order valence-corrected chi connectivity index (χ2v) is 12.7. The molecule has 0 saturated heterocycles. The molecule has 6 aromatic carbocycles. The van der Waals surface area contributed by atoms with E-state index in [1.807, 2.05) is 14.1 Å². The van der Waals surface area contributed by atoms with Crippen molar-refractivity contribution in [1.82, 2.24) is 10.6 Å². The van der Waals surface area contributed by atoms with Crippen LogP contribution in [-0.4, -0.2) is 40.4 Å². The highest BCUT2D eigenvalue weighted by Gasteiger charge is 2.27. The van der Waals surface area contributed by atoms with Gasteiger partial charge < -0.3 is 20.1 Å². The molecule has 2 N–H and O–H groups in total. The molecule has 0 amide bonds. The maximum Gasteiger partial charge on any atom is 0.0905 e. The van der Waals surface area contributed by atoms with Gasteiger partial charge in [0.15, 0.2) is 0 Å². The molecule has 4 nitrogen and oxygen atoms in total. The molecule has 6 aromatic rings. The molecule has 0 fully saturated rings. The monoisotopic (exact) mass is 636 g/mol. The van der Waals surface area contributed by atoms with Gasteiger partial charge in [0.2, 0.25) is 0 Å². The van der Waals surface area contributed by atoms with Gasteiger partial charge in [0.25, 0.3) is 0 Å². The number of hydrogen-bond acceptors (Lipinski definition) is 4. The average molecular weight is 637 g/mol. The molecular weight excluding hydrogens is 588 g/mol. The normalized spacial score (nSPS) is 14.1. The van der Waals surface area contributed by atoms with Crippen molar-refractivity contribution in [2.45, 2.75) is 36.9 Å². The third-order valence-corrected chi connectivity index (χ3v) is 9.37. The Balaban J connectivity index is 1.14. The first kappa shape index (κ1) is 33.6. The molecule has 0 aliphatic heterocycles. The Morgan fingerprint density at radius 2 is 0.792 bits per heavy atom. The molecule has 0 aromatic heterocycles. The van der Waals surface area contributed by atoms with Crippen molar-refractivity contribution in [2.24, 2.45) is 0 Å². The number of ether oxygens (including phenoxy) is 2. The Kier molecular flexibility index (Phi) is 12.0. The third kappa shape index (κ3) is 8.39. The molecule has 246 valence electrons. The summed E-state index contributed by atoms with van der Waals surface area (Å²) >= 11 is 0. The quantitative estimate of drug-likeness (QED) is 0.0979. The van der Waals surface area contributed by atoms with Crippen LogP contribution in [0.2, 0.25) is 0 Å². The fourth-order valence-electron chi connectivity index (χ4n) is 6.92. The zero-order chi connectivity index (χ0) is 33.0. The second-order valence-electron chi connectivity index (χ2n) is 12.7. The van der Waals surface area contributed by atoms with Crippen LogP contribution in [0.25, 0.3) is 21.5 Å². The summed E-state index contributed by atoms with van der Waals surface area (Å²) in [5, 5.41) is 11.9. The number of benzene rings is 6. The van der Waals surface area contributed by atoms with Crippen molar-refractivity contribution in [2.75, 3.05) is 40.4 Å². The van der Waals surface area contributed by atoms with Crippen LogP contribution >= 0.6 is 0 Å². The maximum atomic E-state index is 6.79. The smallest absolute Gasteiger partial charge is 0.0905 e. The molecule has 0 aliphatic rings. The first-order chi connectivity index (χ1) is 23.7. The summed E-state index contributed by atoms with van der Waals surface area (Å²) in [6.07, 6.45) is 1.71. The van der Waals surface area contributed by atoms with Crippen molar-refractivity contribution in [3.05, 3.63) is 168 Å². The van der Waals surface area contributed by atoms with Gasteiger partial charge in [-0.25, -0.2) is 0 Å². The average Bonchev–Trinajstić information content (AvgIpc) is 3.15. The summed E-state index contributed by atoms with van der Waals surface area (Å²) < 4.78 is 13.6. The van der Waals surface area contributed by atoms with Crippen LogP contribution in [-0.2, 0) is 9.47 Å². The van der Waals surface area contributed by atoms with E-state index in [1.54, 1.807) is 0 Å². The Morgan fingerprint density at radius 3 is 1.19 bits per heavy atom. The summed E-state index contributed by atoms with van der Waals surface area (Å²) in [4.78, 5) is 0. The number of rotatable bonds is 17. The van der Waals surface area contributed by atoms with Crippen LogP contribution in [0.1, 0.15) is 59.1 Å². The Labute approximate surface area is 286 Å². The molecular formula is C44H48N2O2. The summed E-state index contributed by atoms with van der Waals surface area (Å²) in [5.41, 5.74) is 4.98. The van der Waals surface area contributed by atoms with Crippen molar-refractivity contribution >= 4 is 21.5 Å². The summed E-state index contributed by atoms with van der Waals surface area (Å²) in [5.74, 6) is 0.343. The number of nitrogens with one attached hydrogen (secondary N) is 2. The van der Waals surface area contributed by atoms with Gasteiger partial charge in [-0.1, -0.05) is 146 Å². The fourth-order valence-corrected chi connectivity index (χ4v) is 6.92. The maximum absolute atomic E-state index is 6.79. The molecule has 0 radical (unpaired) electrons.